The number of aliphatic carboxylic acids is 1. The van der Waals surface area contributed by atoms with Gasteiger partial charge in [-0.2, -0.15) is 0 Å². The van der Waals surface area contributed by atoms with Crippen molar-refractivity contribution in [3.8, 4) is 0 Å². The van der Waals surface area contributed by atoms with E-state index in [0.717, 1.165) is 31.0 Å². The Morgan fingerprint density at radius 2 is 2.00 bits per heavy atom. The molecule has 0 radical (unpaired) electrons. The molecule has 1 fully saturated rings. The van der Waals surface area contributed by atoms with Gasteiger partial charge in [0.1, 0.15) is 0 Å². The van der Waals surface area contributed by atoms with Crippen molar-refractivity contribution in [2.45, 2.75) is 32.2 Å². The van der Waals surface area contributed by atoms with E-state index in [1.165, 1.54) is 12.5 Å². The first-order chi connectivity index (χ1) is 10.1. The Labute approximate surface area is 124 Å². The van der Waals surface area contributed by atoms with Crippen LogP contribution >= 0.6 is 0 Å². The highest BCUT2D eigenvalue weighted by Gasteiger charge is 2.22. The molecule has 5 nitrogen and oxygen atoms in total. The number of carbonyl (C=O) groups is 2. The van der Waals surface area contributed by atoms with Gasteiger partial charge in [-0.05, 0) is 50.0 Å². The molecule has 1 heterocycles. The first kappa shape index (κ1) is 15.1. The van der Waals surface area contributed by atoms with Crippen LogP contribution in [0.4, 0.5) is 10.5 Å². The van der Waals surface area contributed by atoms with Crippen LogP contribution in [0.1, 0.15) is 31.7 Å². The number of nitrogens with one attached hydrogen (secondary N) is 1. The van der Waals surface area contributed by atoms with E-state index in [2.05, 4.69) is 12.2 Å². The van der Waals surface area contributed by atoms with Crippen LogP contribution in [0.5, 0.6) is 0 Å². The summed E-state index contributed by atoms with van der Waals surface area (Å²) in [5.74, 6) is -0.980. The number of urea groups is 1. The van der Waals surface area contributed by atoms with Gasteiger partial charge in [-0.15, -0.1) is 0 Å². The molecule has 21 heavy (non-hydrogen) atoms. The van der Waals surface area contributed by atoms with E-state index < -0.39 is 5.97 Å². The van der Waals surface area contributed by atoms with Gasteiger partial charge in [-0.25, -0.2) is 9.59 Å². The summed E-state index contributed by atoms with van der Waals surface area (Å²) in [5.41, 5.74) is 1.49. The molecule has 1 saturated heterocycles. The van der Waals surface area contributed by atoms with Crippen LogP contribution in [-0.4, -0.2) is 34.6 Å². The van der Waals surface area contributed by atoms with Gasteiger partial charge in [0.2, 0.25) is 0 Å². The summed E-state index contributed by atoms with van der Waals surface area (Å²) in [6.07, 6.45) is 5.88. The monoisotopic (exact) mass is 288 g/mol. The number of likely N-dealkylation sites (tertiary alicyclic amines) is 1. The highest BCUT2D eigenvalue weighted by atomic mass is 16.4. The van der Waals surface area contributed by atoms with Crippen molar-refractivity contribution < 1.29 is 14.7 Å². The third kappa shape index (κ3) is 4.34. The van der Waals surface area contributed by atoms with E-state index in [-0.39, 0.29) is 12.1 Å². The summed E-state index contributed by atoms with van der Waals surface area (Å²) in [6, 6.07) is 7.29. The second-order valence-electron chi connectivity index (χ2n) is 5.26. The number of anilines is 1. The fourth-order valence-electron chi connectivity index (χ4n) is 2.44. The van der Waals surface area contributed by atoms with E-state index in [4.69, 9.17) is 5.11 Å². The van der Waals surface area contributed by atoms with E-state index in [1.807, 2.05) is 4.90 Å². The van der Waals surface area contributed by atoms with E-state index in [9.17, 15) is 9.59 Å². The fraction of sp³-hybridized carbons (Fsp3) is 0.375. The molecule has 0 aliphatic carbocycles. The zero-order chi connectivity index (χ0) is 15.2. The lowest BCUT2D eigenvalue weighted by atomic mass is 10.0. The lowest BCUT2D eigenvalue weighted by Gasteiger charge is -2.33. The van der Waals surface area contributed by atoms with Crippen LogP contribution in [0.25, 0.3) is 6.08 Å². The molecule has 1 aliphatic heterocycles. The van der Waals surface area contributed by atoms with Gasteiger partial charge in [-0.1, -0.05) is 12.1 Å². The van der Waals surface area contributed by atoms with Crippen LogP contribution < -0.4 is 5.32 Å². The molecule has 1 unspecified atom stereocenters. The Kier molecular flexibility index (Phi) is 4.98. The molecule has 0 aromatic heterocycles. The molecule has 2 rings (SSSR count). The first-order valence-electron chi connectivity index (χ1n) is 7.15. The van der Waals surface area contributed by atoms with Crippen LogP contribution in [0, 0.1) is 0 Å². The molecule has 1 aromatic carbocycles. The van der Waals surface area contributed by atoms with E-state index in [1.54, 1.807) is 24.3 Å². The maximum absolute atomic E-state index is 12.2. The molecular formula is C16H20N2O3. The number of amides is 2. The summed E-state index contributed by atoms with van der Waals surface area (Å²) in [4.78, 5) is 24.5. The normalized spacial score (nSPS) is 18.7. The molecular weight excluding hydrogens is 268 g/mol. The summed E-state index contributed by atoms with van der Waals surface area (Å²) in [5, 5.41) is 11.4. The minimum atomic E-state index is -0.980. The molecule has 1 aliphatic rings. The van der Waals surface area contributed by atoms with Crippen molar-refractivity contribution >= 4 is 23.8 Å². The number of carbonyl (C=O) groups excluding carboxylic acids is 1. The molecule has 0 spiro atoms. The highest BCUT2D eigenvalue weighted by molar-refractivity contribution is 5.90. The van der Waals surface area contributed by atoms with E-state index in [0.29, 0.717) is 5.69 Å². The summed E-state index contributed by atoms with van der Waals surface area (Å²) in [7, 11) is 0. The average molecular weight is 288 g/mol. The van der Waals surface area contributed by atoms with Crippen molar-refractivity contribution in [3.63, 3.8) is 0 Å². The number of rotatable bonds is 3. The molecule has 112 valence electrons. The van der Waals surface area contributed by atoms with Crippen molar-refractivity contribution in [1.82, 2.24) is 4.90 Å². The van der Waals surface area contributed by atoms with Gasteiger partial charge in [0.25, 0.3) is 0 Å². The molecule has 1 aromatic rings. The van der Waals surface area contributed by atoms with Crippen LogP contribution in [0.3, 0.4) is 0 Å². The Bertz CT molecular complexity index is 537. The SMILES string of the molecule is CC1CCCCN1C(=O)Nc1ccc(/C=C/C(=O)O)cc1. The fourth-order valence-corrected chi connectivity index (χ4v) is 2.44. The number of piperidine rings is 1. The van der Waals surface area contributed by atoms with Gasteiger partial charge < -0.3 is 15.3 Å². The number of hydrogen-bond acceptors (Lipinski definition) is 2. The van der Waals surface area contributed by atoms with Gasteiger partial charge in [0, 0.05) is 24.4 Å². The molecule has 0 bridgehead atoms. The minimum Gasteiger partial charge on any atom is -0.478 e. The molecule has 2 N–H and O–H groups in total. The lowest BCUT2D eigenvalue weighted by molar-refractivity contribution is -0.131. The van der Waals surface area contributed by atoms with Gasteiger partial charge in [-0.3, -0.25) is 0 Å². The predicted molar refractivity (Wildman–Crippen MR) is 82.1 cm³/mol. The molecule has 1 atom stereocenters. The number of carboxylic acids is 1. The lowest BCUT2D eigenvalue weighted by Crippen LogP contribution is -2.44. The maximum atomic E-state index is 12.2. The second-order valence-corrected chi connectivity index (χ2v) is 5.26. The summed E-state index contributed by atoms with van der Waals surface area (Å²) < 4.78 is 0. The third-order valence-electron chi connectivity index (χ3n) is 3.64. The maximum Gasteiger partial charge on any atom is 0.328 e. The molecule has 2 amide bonds. The van der Waals surface area contributed by atoms with Crippen LogP contribution in [0.15, 0.2) is 30.3 Å². The zero-order valence-corrected chi connectivity index (χ0v) is 12.1. The van der Waals surface area contributed by atoms with Gasteiger partial charge in [0.15, 0.2) is 0 Å². The standard InChI is InChI=1S/C16H20N2O3/c1-12-4-2-3-11-18(12)16(21)17-14-8-5-13(6-9-14)7-10-15(19)20/h5-10,12H,2-4,11H2,1H3,(H,17,21)(H,19,20)/b10-7+. The Morgan fingerprint density at radius 3 is 2.62 bits per heavy atom. The quantitative estimate of drug-likeness (QED) is 0.839. The Balaban J connectivity index is 1.96. The number of nitrogens with zero attached hydrogens (tertiary/aromatic N) is 1. The molecule has 0 saturated carbocycles. The molecule has 5 heteroatoms. The average Bonchev–Trinajstić information content (AvgIpc) is 2.47. The Hall–Kier alpha value is -2.30. The number of hydrogen-bond donors (Lipinski definition) is 2. The largest absolute Gasteiger partial charge is 0.478 e. The third-order valence-corrected chi connectivity index (χ3v) is 3.64. The second kappa shape index (κ2) is 6.92. The Morgan fingerprint density at radius 1 is 1.29 bits per heavy atom. The predicted octanol–water partition coefficient (Wildman–Crippen LogP) is 3.19. The topological polar surface area (TPSA) is 69.6 Å². The van der Waals surface area contributed by atoms with Crippen LogP contribution in [0.2, 0.25) is 0 Å². The van der Waals surface area contributed by atoms with Crippen molar-refractivity contribution in [3.05, 3.63) is 35.9 Å². The van der Waals surface area contributed by atoms with E-state index >= 15 is 0 Å². The van der Waals surface area contributed by atoms with Gasteiger partial charge >= 0.3 is 12.0 Å². The summed E-state index contributed by atoms with van der Waals surface area (Å²) >= 11 is 0. The van der Waals surface area contributed by atoms with Gasteiger partial charge in [0.05, 0.1) is 0 Å². The number of carboxylic acid groups (broad SMARTS) is 1. The first-order valence-corrected chi connectivity index (χ1v) is 7.15. The summed E-state index contributed by atoms with van der Waals surface area (Å²) in [6.45, 7) is 2.87. The van der Waals surface area contributed by atoms with Crippen molar-refractivity contribution in [1.29, 1.82) is 0 Å². The minimum absolute atomic E-state index is 0.0731. The van der Waals surface area contributed by atoms with Crippen molar-refractivity contribution in [2.24, 2.45) is 0 Å². The zero-order valence-electron chi connectivity index (χ0n) is 12.1. The number of benzene rings is 1. The highest BCUT2D eigenvalue weighted by Crippen LogP contribution is 2.18. The smallest absolute Gasteiger partial charge is 0.328 e. The van der Waals surface area contributed by atoms with Crippen molar-refractivity contribution in [2.75, 3.05) is 11.9 Å². The van der Waals surface area contributed by atoms with Crippen LogP contribution in [-0.2, 0) is 4.79 Å².